The summed E-state index contributed by atoms with van der Waals surface area (Å²) in [6.45, 7) is 1.46. The van der Waals surface area contributed by atoms with Crippen LogP contribution in [0.25, 0.3) is 0 Å². The van der Waals surface area contributed by atoms with Crippen LogP contribution in [0, 0.1) is 29.1 Å². The third-order valence-electron chi connectivity index (χ3n) is 6.91. The van der Waals surface area contributed by atoms with Crippen LogP contribution in [-0.2, 0) is 14.3 Å². The zero-order valence-corrected chi connectivity index (χ0v) is 14.3. The Balaban J connectivity index is 1.31. The van der Waals surface area contributed by atoms with Crippen molar-refractivity contribution in [3.8, 4) is 0 Å². The van der Waals surface area contributed by atoms with Crippen LogP contribution in [0.15, 0.2) is 0 Å². The number of carbonyl (C=O) groups excluding carboxylic acids is 2. The number of hydrogen-bond donors (Lipinski definition) is 0. The van der Waals surface area contributed by atoms with Gasteiger partial charge in [-0.25, -0.2) is 0 Å². The van der Waals surface area contributed by atoms with Crippen LogP contribution >= 0.6 is 0 Å². The van der Waals surface area contributed by atoms with Gasteiger partial charge in [-0.05, 0) is 74.5 Å². The molecule has 5 rings (SSSR count). The Bertz CT molecular complexity index is 466. The summed E-state index contributed by atoms with van der Waals surface area (Å²) in [5.74, 6) is 2.84. The highest BCUT2D eigenvalue weighted by molar-refractivity contribution is 5.78. The number of carbonyl (C=O) groups is 2. The number of amides is 1. The maximum Gasteiger partial charge on any atom is 0.309 e. The fourth-order valence-electron chi connectivity index (χ4n) is 6.36. The highest BCUT2D eigenvalue weighted by Crippen LogP contribution is 2.60. The summed E-state index contributed by atoms with van der Waals surface area (Å²) in [5.41, 5.74) is 0.408. The van der Waals surface area contributed by atoms with E-state index in [1.807, 2.05) is 11.9 Å². The second-order valence-electron chi connectivity index (χ2n) is 8.86. The zero-order valence-electron chi connectivity index (χ0n) is 14.3. The van der Waals surface area contributed by atoms with Gasteiger partial charge in [-0.3, -0.25) is 9.59 Å². The van der Waals surface area contributed by atoms with E-state index in [1.165, 1.54) is 38.5 Å². The van der Waals surface area contributed by atoms with Crippen molar-refractivity contribution in [2.24, 2.45) is 29.1 Å². The van der Waals surface area contributed by atoms with Gasteiger partial charge in [0.1, 0.15) is 0 Å². The fourth-order valence-corrected chi connectivity index (χ4v) is 6.36. The second-order valence-corrected chi connectivity index (χ2v) is 8.86. The molecule has 0 aromatic rings. The molecule has 4 saturated carbocycles. The van der Waals surface area contributed by atoms with Gasteiger partial charge in [-0.1, -0.05) is 0 Å². The molecule has 0 spiro atoms. The Hall–Kier alpha value is -1.06. The average Bonchev–Trinajstić information content (AvgIpc) is 2.88. The van der Waals surface area contributed by atoms with Gasteiger partial charge in [-0.2, -0.15) is 0 Å². The van der Waals surface area contributed by atoms with E-state index >= 15 is 0 Å². The Morgan fingerprint density at radius 2 is 1.78 bits per heavy atom. The minimum absolute atomic E-state index is 0.0492. The maximum atomic E-state index is 12.5. The summed E-state index contributed by atoms with van der Waals surface area (Å²) in [4.78, 5) is 26.0. The summed E-state index contributed by atoms with van der Waals surface area (Å²) >= 11 is 0. The number of cyclic esters (lactones) is 1. The first-order valence-electron chi connectivity index (χ1n) is 9.44. The number of nitrogens with zero attached hydrogens (tertiary/aromatic N) is 1. The molecule has 4 bridgehead atoms. The minimum atomic E-state index is -0.110. The molecule has 4 nitrogen and oxygen atoms in total. The van der Waals surface area contributed by atoms with Crippen LogP contribution < -0.4 is 0 Å². The van der Waals surface area contributed by atoms with E-state index in [0.717, 1.165) is 30.7 Å². The van der Waals surface area contributed by atoms with Crippen LogP contribution in [0.3, 0.4) is 0 Å². The van der Waals surface area contributed by atoms with Gasteiger partial charge in [0.05, 0.1) is 12.5 Å². The van der Waals surface area contributed by atoms with Gasteiger partial charge in [0.2, 0.25) is 5.91 Å². The standard InChI is InChI=1S/C19H29NO3/c1-20(17(21)3-2-16-4-5-23-18(16)22)12-19-9-13-6-14(10-19)8-15(7-13)11-19/h13-16H,2-12H2,1H3. The molecule has 23 heavy (non-hydrogen) atoms. The highest BCUT2D eigenvalue weighted by atomic mass is 16.5. The molecule has 4 heteroatoms. The molecule has 0 aromatic carbocycles. The lowest BCUT2D eigenvalue weighted by molar-refractivity contribution is -0.141. The lowest BCUT2D eigenvalue weighted by Crippen LogP contribution is -2.51. The van der Waals surface area contributed by atoms with Crippen molar-refractivity contribution in [1.82, 2.24) is 4.90 Å². The molecule has 0 aromatic heterocycles. The molecule has 128 valence electrons. The van der Waals surface area contributed by atoms with Crippen molar-refractivity contribution < 1.29 is 14.3 Å². The summed E-state index contributed by atoms with van der Waals surface area (Å²) in [6.07, 6.45) is 10.3. The van der Waals surface area contributed by atoms with E-state index in [-0.39, 0.29) is 17.8 Å². The van der Waals surface area contributed by atoms with Crippen molar-refractivity contribution in [1.29, 1.82) is 0 Å². The molecule has 1 heterocycles. The van der Waals surface area contributed by atoms with Gasteiger partial charge in [0.15, 0.2) is 0 Å². The topological polar surface area (TPSA) is 46.6 Å². The maximum absolute atomic E-state index is 12.5. The molecule has 1 unspecified atom stereocenters. The van der Waals surface area contributed by atoms with Crippen LogP contribution in [0.5, 0.6) is 0 Å². The number of rotatable bonds is 5. The predicted octanol–water partition coefficient (Wildman–Crippen LogP) is 3.00. The summed E-state index contributed by atoms with van der Waals surface area (Å²) < 4.78 is 4.99. The van der Waals surface area contributed by atoms with E-state index in [9.17, 15) is 9.59 Å². The van der Waals surface area contributed by atoms with Crippen molar-refractivity contribution in [3.05, 3.63) is 0 Å². The highest BCUT2D eigenvalue weighted by Gasteiger charge is 2.51. The summed E-state index contributed by atoms with van der Waals surface area (Å²) in [7, 11) is 1.97. The van der Waals surface area contributed by atoms with Crippen LogP contribution in [-0.4, -0.2) is 37.0 Å². The van der Waals surface area contributed by atoms with E-state index in [4.69, 9.17) is 4.74 Å². The molecule has 0 N–H and O–H groups in total. The number of esters is 1. The summed E-state index contributed by atoms with van der Waals surface area (Å²) in [6, 6.07) is 0. The Kier molecular flexibility index (Phi) is 3.89. The largest absolute Gasteiger partial charge is 0.465 e. The molecule has 1 aliphatic heterocycles. The van der Waals surface area contributed by atoms with Crippen LogP contribution in [0.1, 0.15) is 57.8 Å². The van der Waals surface area contributed by atoms with Crippen LogP contribution in [0.4, 0.5) is 0 Å². The van der Waals surface area contributed by atoms with Crippen molar-refractivity contribution >= 4 is 11.9 Å². The monoisotopic (exact) mass is 319 g/mol. The molecular formula is C19H29NO3. The smallest absolute Gasteiger partial charge is 0.309 e. The molecule has 1 saturated heterocycles. The first-order chi connectivity index (χ1) is 11.0. The molecular weight excluding hydrogens is 290 g/mol. The Morgan fingerprint density at radius 3 is 2.30 bits per heavy atom. The SMILES string of the molecule is CN(CC12CC3CC(CC(C3)C1)C2)C(=O)CCC1CCOC1=O. The Labute approximate surface area is 138 Å². The van der Waals surface area contributed by atoms with Gasteiger partial charge < -0.3 is 9.64 Å². The zero-order chi connectivity index (χ0) is 16.0. The lowest BCUT2D eigenvalue weighted by Gasteiger charge is -2.57. The third kappa shape index (κ3) is 3.01. The molecule has 5 aliphatic rings. The van der Waals surface area contributed by atoms with Gasteiger partial charge in [0, 0.05) is 20.0 Å². The van der Waals surface area contributed by atoms with Gasteiger partial charge in [0.25, 0.3) is 0 Å². The molecule has 5 fully saturated rings. The van der Waals surface area contributed by atoms with Gasteiger partial charge >= 0.3 is 5.97 Å². The molecule has 4 aliphatic carbocycles. The van der Waals surface area contributed by atoms with Crippen molar-refractivity contribution in [3.63, 3.8) is 0 Å². The molecule has 0 radical (unpaired) electrons. The molecule has 1 atom stereocenters. The predicted molar refractivity (Wildman–Crippen MR) is 86.5 cm³/mol. The second kappa shape index (κ2) is 5.78. The number of hydrogen-bond acceptors (Lipinski definition) is 3. The quantitative estimate of drug-likeness (QED) is 0.732. The van der Waals surface area contributed by atoms with Crippen molar-refractivity contribution in [2.75, 3.05) is 20.2 Å². The molecule has 1 amide bonds. The Morgan fingerprint density at radius 1 is 1.17 bits per heavy atom. The first kappa shape index (κ1) is 15.5. The van der Waals surface area contributed by atoms with Crippen LogP contribution in [0.2, 0.25) is 0 Å². The first-order valence-corrected chi connectivity index (χ1v) is 9.44. The summed E-state index contributed by atoms with van der Waals surface area (Å²) in [5, 5.41) is 0. The van der Waals surface area contributed by atoms with Crippen molar-refractivity contribution in [2.45, 2.75) is 57.8 Å². The van der Waals surface area contributed by atoms with E-state index in [0.29, 0.717) is 24.9 Å². The third-order valence-corrected chi connectivity index (χ3v) is 6.91. The van der Waals surface area contributed by atoms with E-state index < -0.39 is 0 Å². The van der Waals surface area contributed by atoms with E-state index in [1.54, 1.807) is 0 Å². The average molecular weight is 319 g/mol. The normalized spacial score (nSPS) is 41.2. The number of ether oxygens (including phenoxy) is 1. The van der Waals surface area contributed by atoms with E-state index in [2.05, 4.69) is 0 Å². The minimum Gasteiger partial charge on any atom is -0.465 e. The fraction of sp³-hybridized carbons (Fsp3) is 0.895. The lowest BCUT2D eigenvalue weighted by atomic mass is 9.49. The van der Waals surface area contributed by atoms with Gasteiger partial charge in [-0.15, -0.1) is 0 Å².